The third kappa shape index (κ3) is 5.96. The monoisotopic (exact) mass is 456 g/mol. The lowest BCUT2D eigenvalue weighted by atomic mass is 9.91. The number of nitrogens with zero attached hydrogens (tertiary/aromatic N) is 4. The molecule has 12 heteroatoms. The number of ether oxygens (including phenoxy) is 2. The van der Waals surface area contributed by atoms with E-state index in [1.807, 2.05) is 24.1 Å². The first-order valence-corrected chi connectivity index (χ1v) is 9.87. The number of likely N-dealkylation sites (tertiary alicyclic amines) is 1. The maximum Gasteiger partial charge on any atom is 0.490 e. The fourth-order valence-electron chi connectivity index (χ4n) is 3.74. The first-order valence-electron chi connectivity index (χ1n) is 9.87. The number of carboxylic acids is 1. The predicted octanol–water partition coefficient (Wildman–Crippen LogP) is 2.00. The van der Waals surface area contributed by atoms with Crippen molar-refractivity contribution >= 4 is 11.9 Å². The smallest absolute Gasteiger partial charge is 0.490 e. The number of aromatic nitrogens is 3. The van der Waals surface area contributed by atoms with Crippen LogP contribution in [0.5, 0.6) is 5.75 Å². The molecule has 32 heavy (non-hydrogen) atoms. The van der Waals surface area contributed by atoms with Gasteiger partial charge in [-0.25, -0.2) is 4.79 Å². The van der Waals surface area contributed by atoms with Gasteiger partial charge in [-0.05, 0) is 24.5 Å². The van der Waals surface area contributed by atoms with Crippen molar-refractivity contribution in [3.63, 3.8) is 0 Å². The van der Waals surface area contributed by atoms with Gasteiger partial charge in [0.25, 0.3) is 5.91 Å². The summed E-state index contributed by atoms with van der Waals surface area (Å²) in [7, 11) is 1.82. The molecule has 0 unspecified atom stereocenters. The molecular weight excluding hydrogens is 433 g/mol. The number of carbonyl (C=O) groups excluding carboxylic acids is 1. The second kappa shape index (κ2) is 9.98. The minimum atomic E-state index is -5.08. The van der Waals surface area contributed by atoms with Crippen LogP contribution in [0.4, 0.5) is 13.2 Å². The molecule has 2 aromatic heterocycles. The Kier molecular flexibility index (Phi) is 7.33. The summed E-state index contributed by atoms with van der Waals surface area (Å²) in [5.41, 5.74) is 0.638. The van der Waals surface area contributed by atoms with Crippen LogP contribution in [-0.4, -0.2) is 75.2 Å². The van der Waals surface area contributed by atoms with Crippen LogP contribution in [0.3, 0.4) is 0 Å². The van der Waals surface area contributed by atoms with Crippen molar-refractivity contribution in [2.45, 2.75) is 18.7 Å². The zero-order valence-corrected chi connectivity index (χ0v) is 17.2. The maximum absolute atomic E-state index is 12.6. The highest BCUT2D eigenvalue weighted by molar-refractivity contribution is 5.94. The lowest BCUT2D eigenvalue weighted by molar-refractivity contribution is -0.192. The summed E-state index contributed by atoms with van der Waals surface area (Å²) in [5.74, 6) is -1.12. The number of carboxylic acid groups (broad SMARTS) is 1. The Morgan fingerprint density at radius 3 is 2.66 bits per heavy atom. The Morgan fingerprint density at radius 2 is 2.06 bits per heavy atom. The first-order chi connectivity index (χ1) is 15.1. The van der Waals surface area contributed by atoms with Gasteiger partial charge in [-0.2, -0.15) is 18.3 Å². The molecule has 9 nitrogen and oxygen atoms in total. The van der Waals surface area contributed by atoms with Gasteiger partial charge in [0.2, 0.25) is 0 Å². The van der Waals surface area contributed by atoms with Crippen LogP contribution in [0.25, 0.3) is 0 Å². The molecule has 0 radical (unpaired) electrons. The number of alkyl halides is 3. The summed E-state index contributed by atoms with van der Waals surface area (Å²) in [6, 6.07) is 3.77. The zero-order chi connectivity index (χ0) is 23.3. The number of halogens is 3. The van der Waals surface area contributed by atoms with E-state index in [0.29, 0.717) is 30.6 Å². The molecule has 4 rings (SSSR count). The lowest BCUT2D eigenvalue weighted by Gasteiger charge is -2.19. The fourth-order valence-corrected chi connectivity index (χ4v) is 3.74. The Bertz CT molecular complexity index is 921. The van der Waals surface area contributed by atoms with Gasteiger partial charge >= 0.3 is 12.1 Å². The van der Waals surface area contributed by atoms with Crippen molar-refractivity contribution in [2.75, 3.05) is 26.3 Å². The van der Waals surface area contributed by atoms with E-state index in [0.717, 1.165) is 25.3 Å². The van der Waals surface area contributed by atoms with Crippen LogP contribution >= 0.6 is 0 Å². The molecule has 174 valence electrons. The highest BCUT2D eigenvalue weighted by atomic mass is 19.4. The second-order valence-electron chi connectivity index (χ2n) is 7.54. The molecule has 2 aliphatic heterocycles. The quantitative estimate of drug-likeness (QED) is 0.734. The van der Waals surface area contributed by atoms with E-state index in [-0.39, 0.29) is 12.0 Å². The summed E-state index contributed by atoms with van der Waals surface area (Å²) in [6.45, 7) is 2.80. The summed E-state index contributed by atoms with van der Waals surface area (Å²) < 4.78 is 45.1. The molecule has 0 aliphatic carbocycles. The van der Waals surface area contributed by atoms with Crippen LogP contribution < -0.4 is 4.74 Å². The number of carbonyl (C=O) groups is 2. The van der Waals surface area contributed by atoms with Crippen molar-refractivity contribution in [1.29, 1.82) is 0 Å². The molecule has 1 amide bonds. The number of pyridine rings is 1. The topological polar surface area (TPSA) is 107 Å². The highest BCUT2D eigenvalue weighted by Gasteiger charge is 2.45. The van der Waals surface area contributed by atoms with Gasteiger partial charge in [0.05, 0.1) is 37.3 Å². The second-order valence-corrected chi connectivity index (χ2v) is 7.54. The number of hydrogen-bond donors (Lipinski definition) is 1. The van der Waals surface area contributed by atoms with Crippen molar-refractivity contribution in [3.05, 3.63) is 42.5 Å². The normalized spacial score (nSPS) is 22.1. The molecule has 3 atom stereocenters. The third-order valence-corrected chi connectivity index (χ3v) is 5.31. The summed E-state index contributed by atoms with van der Waals surface area (Å²) in [6.07, 6.45) is 2.81. The van der Waals surface area contributed by atoms with Crippen LogP contribution in [0, 0.1) is 11.8 Å². The van der Waals surface area contributed by atoms with Gasteiger partial charge in [-0.15, -0.1) is 0 Å². The van der Waals surface area contributed by atoms with Crippen molar-refractivity contribution in [2.24, 2.45) is 18.9 Å². The molecular formula is C20H23F3N4O5. The van der Waals surface area contributed by atoms with Crippen molar-refractivity contribution in [1.82, 2.24) is 19.7 Å². The van der Waals surface area contributed by atoms with Gasteiger partial charge in [0.15, 0.2) is 0 Å². The van der Waals surface area contributed by atoms with E-state index >= 15 is 0 Å². The number of amides is 1. The van der Waals surface area contributed by atoms with E-state index in [9.17, 15) is 18.0 Å². The minimum Gasteiger partial charge on any atom is -0.492 e. The molecule has 0 spiro atoms. The Labute approximate surface area is 181 Å². The van der Waals surface area contributed by atoms with E-state index in [1.165, 1.54) is 0 Å². The van der Waals surface area contributed by atoms with Gasteiger partial charge in [-0.3, -0.25) is 14.5 Å². The fraction of sp³-hybridized carbons (Fsp3) is 0.500. The van der Waals surface area contributed by atoms with E-state index in [2.05, 4.69) is 10.1 Å². The molecule has 2 fully saturated rings. The zero-order valence-electron chi connectivity index (χ0n) is 17.2. The van der Waals surface area contributed by atoms with Gasteiger partial charge in [0.1, 0.15) is 5.75 Å². The van der Waals surface area contributed by atoms with Crippen LogP contribution in [0.2, 0.25) is 0 Å². The minimum absolute atomic E-state index is 0.0384. The number of rotatable bonds is 5. The number of aryl methyl sites for hydroxylation is 1. The van der Waals surface area contributed by atoms with Crippen LogP contribution in [-0.2, 0) is 16.6 Å². The average molecular weight is 456 g/mol. The van der Waals surface area contributed by atoms with E-state index in [1.54, 1.807) is 29.5 Å². The van der Waals surface area contributed by atoms with Gasteiger partial charge < -0.3 is 19.5 Å². The number of hydrogen-bond acceptors (Lipinski definition) is 6. The van der Waals surface area contributed by atoms with E-state index < -0.39 is 12.1 Å². The molecule has 2 aliphatic rings. The standard InChI is InChI=1S/C18H22N4O3.C2HF3O2/c1-21-9-14(7-20-21)18(23)22-10-16-13(12-25-17(16)11-22)4-6-24-15-3-2-5-19-8-15;3-2(4,5)1(6)7/h2-3,5,7-9,13,16-17H,4,6,10-12H2,1H3;(H,6,7)/t13-,16-,17-;/m0./s1. The molecule has 0 saturated carbocycles. The molecule has 1 N–H and O–H groups in total. The number of fused-ring (bicyclic) bond motifs is 1. The lowest BCUT2D eigenvalue weighted by Crippen LogP contribution is -2.31. The molecule has 2 saturated heterocycles. The maximum atomic E-state index is 12.6. The Balaban J connectivity index is 0.000000360. The molecule has 0 bridgehead atoms. The Hall–Kier alpha value is -3.15. The average Bonchev–Trinajstić information content (AvgIpc) is 3.45. The summed E-state index contributed by atoms with van der Waals surface area (Å²) in [5, 5.41) is 11.2. The Morgan fingerprint density at radius 1 is 1.31 bits per heavy atom. The first kappa shape index (κ1) is 23.5. The van der Waals surface area contributed by atoms with Crippen LogP contribution in [0.15, 0.2) is 36.9 Å². The summed E-state index contributed by atoms with van der Waals surface area (Å²) in [4.78, 5) is 27.4. The SMILES string of the molecule is Cn1cc(C(=O)N2C[C@H]3[C@@H](CCOc4cccnc4)CO[C@H]3C2)cn1.O=C(O)C(F)(F)F. The number of aliphatic carboxylic acids is 1. The van der Waals surface area contributed by atoms with E-state index in [4.69, 9.17) is 19.4 Å². The highest BCUT2D eigenvalue weighted by Crippen LogP contribution is 2.36. The molecule has 4 heterocycles. The summed E-state index contributed by atoms with van der Waals surface area (Å²) >= 11 is 0. The van der Waals surface area contributed by atoms with Gasteiger partial charge in [-0.1, -0.05) is 0 Å². The van der Waals surface area contributed by atoms with Crippen molar-refractivity contribution < 1.29 is 37.3 Å². The molecule has 2 aromatic rings. The molecule has 0 aromatic carbocycles. The predicted molar refractivity (Wildman–Crippen MR) is 104 cm³/mol. The van der Waals surface area contributed by atoms with Gasteiger partial charge in [0, 0.05) is 38.4 Å². The van der Waals surface area contributed by atoms with Crippen molar-refractivity contribution in [3.8, 4) is 5.75 Å². The largest absolute Gasteiger partial charge is 0.492 e. The third-order valence-electron chi connectivity index (χ3n) is 5.31. The van der Waals surface area contributed by atoms with Crippen LogP contribution in [0.1, 0.15) is 16.8 Å².